The summed E-state index contributed by atoms with van der Waals surface area (Å²) in [5, 5.41) is 20.0. The van der Waals surface area contributed by atoms with Crippen LogP contribution in [-0.2, 0) is 9.59 Å². The zero-order valence-corrected chi connectivity index (χ0v) is 14.6. The SMILES string of the molecule is COc1ccc(C(O)=C2C(=O)C(=O)N(CCO)C2c2ccccc2F)cc1. The van der Waals surface area contributed by atoms with E-state index >= 15 is 0 Å². The lowest BCUT2D eigenvalue weighted by Crippen LogP contribution is -2.32. The molecule has 1 saturated heterocycles. The Bertz CT molecular complexity index is 907. The summed E-state index contributed by atoms with van der Waals surface area (Å²) in [5.74, 6) is -2.30. The first-order chi connectivity index (χ1) is 13.0. The number of hydrogen-bond acceptors (Lipinski definition) is 5. The van der Waals surface area contributed by atoms with Crippen molar-refractivity contribution in [2.75, 3.05) is 20.3 Å². The maximum atomic E-state index is 14.4. The molecule has 27 heavy (non-hydrogen) atoms. The standard InChI is InChI=1S/C20H18FNO5/c1-27-13-8-6-12(7-9-13)18(24)16-17(14-4-2-3-5-15(14)21)22(10-11-23)20(26)19(16)25/h2-9,17,23-24H,10-11H2,1H3. The molecule has 2 aromatic rings. The summed E-state index contributed by atoms with van der Waals surface area (Å²) in [6, 6.07) is 10.8. The van der Waals surface area contributed by atoms with Crippen LogP contribution in [0.3, 0.4) is 0 Å². The second kappa shape index (κ2) is 7.59. The molecule has 0 bridgehead atoms. The van der Waals surface area contributed by atoms with Gasteiger partial charge >= 0.3 is 0 Å². The third kappa shape index (κ3) is 3.29. The molecule has 1 aliphatic rings. The number of likely N-dealkylation sites (tertiary alicyclic amines) is 1. The number of carbonyl (C=O) groups is 2. The number of carbonyl (C=O) groups excluding carboxylic acids is 2. The van der Waals surface area contributed by atoms with Gasteiger partial charge in [0, 0.05) is 17.7 Å². The Morgan fingerprint density at radius 2 is 1.81 bits per heavy atom. The predicted octanol–water partition coefficient (Wildman–Crippen LogP) is 2.25. The molecular weight excluding hydrogens is 353 g/mol. The van der Waals surface area contributed by atoms with Crippen LogP contribution >= 0.6 is 0 Å². The predicted molar refractivity (Wildman–Crippen MR) is 95.5 cm³/mol. The number of ketones is 1. The fourth-order valence-electron chi connectivity index (χ4n) is 3.14. The summed E-state index contributed by atoms with van der Waals surface area (Å²) < 4.78 is 19.5. The summed E-state index contributed by atoms with van der Waals surface area (Å²) in [6.45, 7) is -0.566. The van der Waals surface area contributed by atoms with Crippen molar-refractivity contribution in [3.63, 3.8) is 0 Å². The Morgan fingerprint density at radius 1 is 1.15 bits per heavy atom. The summed E-state index contributed by atoms with van der Waals surface area (Å²) >= 11 is 0. The average molecular weight is 371 g/mol. The Kier molecular flexibility index (Phi) is 5.23. The van der Waals surface area contributed by atoms with Crippen molar-refractivity contribution >= 4 is 17.4 Å². The second-order valence-corrected chi connectivity index (χ2v) is 5.97. The third-order valence-electron chi connectivity index (χ3n) is 4.44. The number of hydrogen-bond donors (Lipinski definition) is 2. The highest BCUT2D eigenvalue weighted by atomic mass is 19.1. The van der Waals surface area contributed by atoms with E-state index in [0.717, 1.165) is 4.90 Å². The van der Waals surface area contributed by atoms with Crippen LogP contribution in [0.15, 0.2) is 54.1 Å². The Morgan fingerprint density at radius 3 is 2.41 bits per heavy atom. The number of halogens is 1. The van der Waals surface area contributed by atoms with E-state index in [0.29, 0.717) is 11.3 Å². The monoisotopic (exact) mass is 371 g/mol. The van der Waals surface area contributed by atoms with Crippen LogP contribution in [0.25, 0.3) is 5.76 Å². The lowest BCUT2D eigenvalue weighted by atomic mass is 9.95. The normalized spacial score (nSPS) is 18.8. The molecule has 7 heteroatoms. The molecule has 1 heterocycles. The van der Waals surface area contributed by atoms with Crippen LogP contribution in [0.4, 0.5) is 4.39 Å². The van der Waals surface area contributed by atoms with Gasteiger partial charge in [-0.2, -0.15) is 0 Å². The number of ether oxygens (including phenoxy) is 1. The van der Waals surface area contributed by atoms with Crippen LogP contribution in [0.2, 0.25) is 0 Å². The molecule has 1 atom stereocenters. The van der Waals surface area contributed by atoms with Crippen molar-refractivity contribution in [2.45, 2.75) is 6.04 Å². The van der Waals surface area contributed by atoms with Crippen molar-refractivity contribution in [3.8, 4) is 5.75 Å². The Labute approximate surface area is 155 Å². The molecule has 1 aliphatic heterocycles. The van der Waals surface area contributed by atoms with Gasteiger partial charge < -0.3 is 19.8 Å². The quantitative estimate of drug-likeness (QED) is 0.478. The van der Waals surface area contributed by atoms with Gasteiger partial charge in [-0.25, -0.2) is 4.39 Å². The van der Waals surface area contributed by atoms with Gasteiger partial charge in [0.15, 0.2) is 0 Å². The number of nitrogens with zero attached hydrogens (tertiary/aromatic N) is 1. The van der Waals surface area contributed by atoms with Gasteiger partial charge in [-0.15, -0.1) is 0 Å². The Hall–Kier alpha value is -3.19. The third-order valence-corrected chi connectivity index (χ3v) is 4.44. The van der Waals surface area contributed by atoms with E-state index in [2.05, 4.69) is 0 Å². The highest BCUT2D eigenvalue weighted by molar-refractivity contribution is 6.46. The zero-order valence-electron chi connectivity index (χ0n) is 14.6. The first-order valence-electron chi connectivity index (χ1n) is 8.27. The molecule has 1 amide bonds. The fraction of sp³-hybridized carbons (Fsp3) is 0.200. The minimum Gasteiger partial charge on any atom is -0.507 e. The van der Waals surface area contributed by atoms with Crippen LogP contribution in [0.5, 0.6) is 5.75 Å². The topological polar surface area (TPSA) is 87.1 Å². The molecule has 0 saturated carbocycles. The first-order valence-corrected chi connectivity index (χ1v) is 8.27. The number of aliphatic hydroxyl groups is 2. The summed E-state index contributed by atoms with van der Waals surface area (Å²) in [7, 11) is 1.49. The van der Waals surface area contributed by atoms with E-state index in [1.54, 1.807) is 18.2 Å². The zero-order chi connectivity index (χ0) is 19.6. The maximum Gasteiger partial charge on any atom is 0.295 e. The van der Waals surface area contributed by atoms with Crippen molar-refractivity contribution < 1.29 is 28.9 Å². The minimum absolute atomic E-state index is 0.0696. The van der Waals surface area contributed by atoms with Gasteiger partial charge in [0.1, 0.15) is 17.3 Å². The van der Waals surface area contributed by atoms with Crippen molar-refractivity contribution in [2.24, 2.45) is 0 Å². The number of β-amino-alcohol motifs (C(OH)–C–C–N with tert-alkyl or cyclic N) is 1. The van der Waals surface area contributed by atoms with Crippen LogP contribution in [-0.4, -0.2) is 47.1 Å². The van der Waals surface area contributed by atoms with Crippen LogP contribution in [0, 0.1) is 5.82 Å². The highest BCUT2D eigenvalue weighted by Crippen LogP contribution is 2.40. The van der Waals surface area contributed by atoms with E-state index in [1.165, 1.54) is 37.4 Å². The van der Waals surface area contributed by atoms with E-state index in [9.17, 15) is 24.2 Å². The summed E-state index contributed by atoms with van der Waals surface area (Å²) in [4.78, 5) is 26.1. The molecule has 2 N–H and O–H groups in total. The van der Waals surface area contributed by atoms with Gasteiger partial charge in [0.25, 0.3) is 11.7 Å². The Balaban J connectivity index is 2.18. The highest BCUT2D eigenvalue weighted by Gasteiger charge is 2.46. The number of amides is 1. The molecule has 2 aromatic carbocycles. The van der Waals surface area contributed by atoms with Gasteiger partial charge in [0.05, 0.1) is 25.3 Å². The number of Topliss-reactive ketones (excluding diaryl/α,β-unsaturated/α-hetero) is 1. The molecule has 0 radical (unpaired) electrons. The number of rotatable bonds is 5. The van der Waals surface area contributed by atoms with Crippen molar-refractivity contribution in [3.05, 3.63) is 71.0 Å². The van der Waals surface area contributed by atoms with Gasteiger partial charge in [-0.1, -0.05) is 18.2 Å². The summed E-state index contributed by atoms with van der Waals surface area (Å²) in [5.41, 5.74) is 0.142. The molecule has 6 nitrogen and oxygen atoms in total. The van der Waals surface area contributed by atoms with Crippen LogP contribution < -0.4 is 4.74 Å². The van der Waals surface area contributed by atoms with Crippen molar-refractivity contribution in [1.29, 1.82) is 0 Å². The molecule has 1 fully saturated rings. The molecule has 3 rings (SSSR count). The number of benzene rings is 2. The maximum absolute atomic E-state index is 14.4. The molecular formula is C20H18FNO5. The first kappa shape index (κ1) is 18.6. The van der Waals surface area contributed by atoms with Gasteiger partial charge in [0.2, 0.25) is 0 Å². The molecule has 1 unspecified atom stereocenters. The van der Waals surface area contributed by atoms with E-state index in [4.69, 9.17) is 4.74 Å². The van der Waals surface area contributed by atoms with Crippen LogP contribution in [0.1, 0.15) is 17.2 Å². The molecule has 0 aliphatic carbocycles. The molecule has 0 aromatic heterocycles. The lowest BCUT2D eigenvalue weighted by Gasteiger charge is -2.24. The van der Waals surface area contributed by atoms with E-state index < -0.39 is 35.9 Å². The van der Waals surface area contributed by atoms with Gasteiger partial charge in [-0.05, 0) is 30.3 Å². The average Bonchev–Trinajstić information content (AvgIpc) is 2.93. The minimum atomic E-state index is -1.12. The molecule has 0 spiro atoms. The van der Waals surface area contributed by atoms with Gasteiger partial charge in [-0.3, -0.25) is 9.59 Å². The smallest absolute Gasteiger partial charge is 0.295 e. The largest absolute Gasteiger partial charge is 0.507 e. The van der Waals surface area contributed by atoms with E-state index in [-0.39, 0.29) is 17.7 Å². The van der Waals surface area contributed by atoms with E-state index in [1.807, 2.05) is 0 Å². The molecule has 140 valence electrons. The second-order valence-electron chi connectivity index (χ2n) is 5.97. The number of methoxy groups -OCH3 is 1. The fourth-order valence-corrected chi connectivity index (χ4v) is 3.14. The lowest BCUT2D eigenvalue weighted by molar-refractivity contribution is -0.140. The summed E-state index contributed by atoms with van der Waals surface area (Å²) in [6.07, 6.45) is 0. The number of aliphatic hydroxyl groups excluding tert-OH is 2. The van der Waals surface area contributed by atoms with Crippen molar-refractivity contribution in [1.82, 2.24) is 4.90 Å².